The average Bonchev–Trinajstić information content (AvgIpc) is 3.27. The molecule has 0 saturated carbocycles. The van der Waals surface area contributed by atoms with Crippen LogP contribution in [0.1, 0.15) is 10.4 Å². The number of halogens is 2. The second-order valence-corrected chi connectivity index (χ2v) is 6.00. The van der Waals surface area contributed by atoms with Crippen LogP contribution >= 0.6 is 0 Å². The number of benzene rings is 2. The molecule has 0 spiro atoms. The highest BCUT2D eigenvalue weighted by Gasteiger charge is 2.10. The Morgan fingerprint density at radius 1 is 0.931 bits per heavy atom. The summed E-state index contributed by atoms with van der Waals surface area (Å²) in [6.07, 6.45) is 4.86. The lowest BCUT2D eigenvalue weighted by Gasteiger charge is -2.09. The molecule has 0 aliphatic carbocycles. The first kappa shape index (κ1) is 18.2. The fourth-order valence-corrected chi connectivity index (χ4v) is 2.57. The first-order valence-corrected chi connectivity index (χ1v) is 8.54. The third kappa shape index (κ3) is 4.24. The molecular formula is C20H14F2N6O. The highest BCUT2D eigenvalue weighted by atomic mass is 19.2. The highest BCUT2D eigenvalue weighted by molar-refractivity contribution is 6.04. The van der Waals surface area contributed by atoms with Crippen LogP contribution in [-0.2, 0) is 0 Å². The Labute approximate surface area is 164 Å². The van der Waals surface area contributed by atoms with Crippen LogP contribution in [0.2, 0.25) is 0 Å². The minimum atomic E-state index is -1.07. The summed E-state index contributed by atoms with van der Waals surface area (Å²) < 4.78 is 27.9. The molecule has 0 fully saturated rings. The van der Waals surface area contributed by atoms with E-state index in [0.717, 1.165) is 17.8 Å². The topological polar surface area (TPSA) is 84.7 Å². The Balaban J connectivity index is 1.43. The van der Waals surface area contributed by atoms with E-state index in [2.05, 4.69) is 25.7 Å². The fraction of sp³-hybridized carbons (Fsp3) is 0. The lowest BCUT2D eigenvalue weighted by Crippen LogP contribution is -2.12. The summed E-state index contributed by atoms with van der Waals surface area (Å²) in [4.78, 5) is 20.5. The number of aromatic nitrogens is 4. The van der Waals surface area contributed by atoms with Crippen molar-refractivity contribution < 1.29 is 13.6 Å². The van der Waals surface area contributed by atoms with Crippen LogP contribution in [0.3, 0.4) is 0 Å². The lowest BCUT2D eigenvalue weighted by atomic mass is 10.2. The minimum absolute atomic E-state index is 0.0261. The summed E-state index contributed by atoms with van der Waals surface area (Å²) in [6.45, 7) is 0. The molecule has 0 atom stereocenters. The van der Waals surface area contributed by atoms with Crippen molar-refractivity contribution in [3.05, 3.63) is 90.5 Å². The van der Waals surface area contributed by atoms with Crippen LogP contribution in [0.15, 0.2) is 73.3 Å². The van der Waals surface area contributed by atoms with Crippen LogP contribution in [0, 0.1) is 11.6 Å². The molecule has 0 unspecified atom stereocenters. The maximum absolute atomic E-state index is 13.3. The van der Waals surface area contributed by atoms with Gasteiger partial charge >= 0.3 is 0 Å². The summed E-state index contributed by atoms with van der Waals surface area (Å²) >= 11 is 0. The van der Waals surface area contributed by atoms with Gasteiger partial charge in [-0.25, -0.2) is 23.4 Å². The highest BCUT2D eigenvalue weighted by Crippen LogP contribution is 2.19. The number of amides is 1. The van der Waals surface area contributed by atoms with Gasteiger partial charge in [0.15, 0.2) is 17.5 Å². The third-order valence-corrected chi connectivity index (χ3v) is 3.99. The van der Waals surface area contributed by atoms with Crippen molar-refractivity contribution in [2.75, 3.05) is 10.6 Å². The van der Waals surface area contributed by atoms with Crippen molar-refractivity contribution in [2.24, 2.45) is 0 Å². The van der Waals surface area contributed by atoms with Gasteiger partial charge in [0, 0.05) is 35.4 Å². The van der Waals surface area contributed by atoms with Crippen molar-refractivity contribution in [2.45, 2.75) is 0 Å². The number of nitrogens with one attached hydrogen (secondary N) is 2. The van der Waals surface area contributed by atoms with Crippen molar-refractivity contribution in [3.63, 3.8) is 0 Å². The quantitative estimate of drug-likeness (QED) is 0.538. The lowest BCUT2D eigenvalue weighted by molar-refractivity contribution is 0.102. The van der Waals surface area contributed by atoms with Crippen LogP contribution in [0.4, 0.5) is 26.0 Å². The van der Waals surface area contributed by atoms with Gasteiger partial charge in [-0.05, 0) is 48.5 Å². The Hall–Kier alpha value is -4.14. The van der Waals surface area contributed by atoms with E-state index in [9.17, 15) is 13.6 Å². The molecule has 7 nitrogen and oxygen atoms in total. The zero-order valence-corrected chi connectivity index (χ0v) is 14.9. The van der Waals surface area contributed by atoms with Crippen LogP contribution in [0.5, 0.6) is 0 Å². The summed E-state index contributed by atoms with van der Waals surface area (Å²) in [7, 11) is 0. The predicted molar refractivity (Wildman–Crippen MR) is 103 cm³/mol. The van der Waals surface area contributed by atoms with E-state index in [0.29, 0.717) is 17.3 Å². The second-order valence-electron chi connectivity index (χ2n) is 6.00. The molecule has 4 rings (SSSR count). The van der Waals surface area contributed by atoms with E-state index >= 15 is 0 Å². The third-order valence-electron chi connectivity index (χ3n) is 3.99. The van der Waals surface area contributed by atoms with E-state index in [-0.39, 0.29) is 5.56 Å². The molecule has 0 bridgehead atoms. The normalized spacial score (nSPS) is 10.6. The van der Waals surface area contributed by atoms with E-state index < -0.39 is 17.5 Å². The van der Waals surface area contributed by atoms with Gasteiger partial charge in [-0.15, -0.1) is 0 Å². The Morgan fingerprint density at radius 2 is 1.72 bits per heavy atom. The minimum Gasteiger partial charge on any atom is -0.340 e. The molecule has 0 aliphatic heterocycles. The summed E-state index contributed by atoms with van der Waals surface area (Å²) in [5, 5.41) is 9.89. The molecule has 2 N–H and O–H groups in total. The van der Waals surface area contributed by atoms with Crippen molar-refractivity contribution in [1.82, 2.24) is 19.7 Å². The molecule has 0 aliphatic rings. The zero-order valence-electron chi connectivity index (χ0n) is 14.9. The predicted octanol–water partition coefficient (Wildman–Crippen LogP) is 3.94. The SMILES string of the molecule is O=C(Nc1ccc(Nc2cc(-n3cccn3)ncn2)cc1)c1ccc(F)c(F)c1. The number of hydrogen-bond donors (Lipinski definition) is 2. The van der Waals surface area contributed by atoms with Crippen molar-refractivity contribution in [1.29, 1.82) is 0 Å². The molecule has 4 aromatic rings. The van der Waals surface area contributed by atoms with Gasteiger partial charge in [0.1, 0.15) is 12.1 Å². The molecule has 2 aromatic carbocycles. The molecule has 0 saturated heterocycles. The number of carbonyl (C=O) groups is 1. The van der Waals surface area contributed by atoms with Gasteiger partial charge in [0.25, 0.3) is 5.91 Å². The van der Waals surface area contributed by atoms with Gasteiger partial charge in [-0.2, -0.15) is 5.10 Å². The summed E-state index contributed by atoms with van der Waals surface area (Å²) in [5.74, 6) is -1.43. The maximum atomic E-state index is 13.3. The molecule has 1 amide bonds. The van der Waals surface area contributed by atoms with E-state index in [1.807, 2.05) is 0 Å². The number of anilines is 3. The number of nitrogens with zero attached hydrogens (tertiary/aromatic N) is 4. The molecular weight excluding hydrogens is 378 g/mol. The largest absolute Gasteiger partial charge is 0.340 e. The van der Waals surface area contributed by atoms with Crippen LogP contribution in [-0.4, -0.2) is 25.7 Å². The maximum Gasteiger partial charge on any atom is 0.255 e. The van der Waals surface area contributed by atoms with Gasteiger partial charge in [-0.1, -0.05) is 0 Å². The summed E-state index contributed by atoms with van der Waals surface area (Å²) in [5.41, 5.74) is 1.27. The van der Waals surface area contributed by atoms with E-state index in [4.69, 9.17) is 0 Å². The second kappa shape index (κ2) is 7.85. The van der Waals surface area contributed by atoms with Gasteiger partial charge in [0.2, 0.25) is 0 Å². The first-order chi connectivity index (χ1) is 14.1. The van der Waals surface area contributed by atoms with Crippen LogP contribution < -0.4 is 10.6 Å². The molecule has 144 valence electrons. The van der Waals surface area contributed by atoms with Crippen molar-refractivity contribution in [3.8, 4) is 5.82 Å². The monoisotopic (exact) mass is 392 g/mol. The Morgan fingerprint density at radius 3 is 2.45 bits per heavy atom. The van der Waals surface area contributed by atoms with Gasteiger partial charge in [-0.3, -0.25) is 4.79 Å². The van der Waals surface area contributed by atoms with Gasteiger partial charge < -0.3 is 10.6 Å². The first-order valence-electron chi connectivity index (χ1n) is 8.54. The van der Waals surface area contributed by atoms with E-state index in [1.54, 1.807) is 53.5 Å². The number of carbonyl (C=O) groups excluding carboxylic acids is 1. The standard InChI is InChI=1S/C20H14F2N6O/c21-16-7-2-13(10-17(16)22)20(29)27-15-5-3-14(4-6-15)26-18-11-19(24-12-23-18)28-9-1-8-25-28/h1-12H,(H,27,29)(H,23,24,26). The average molecular weight is 392 g/mol. The number of hydrogen-bond acceptors (Lipinski definition) is 5. The molecule has 9 heteroatoms. The molecule has 2 aromatic heterocycles. The fourth-order valence-electron chi connectivity index (χ4n) is 2.57. The van der Waals surface area contributed by atoms with Gasteiger partial charge in [0.05, 0.1) is 0 Å². The smallest absolute Gasteiger partial charge is 0.255 e. The Kier molecular flexibility index (Phi) is 4.93. The Bertz CT molecular complexity index is 1150. The number of rotatable bonds is 5. The molecule has 2 heterocycles. The summed E-state index contributed by atoms with van der Waals surface area (Å²) in [6, 6.07) is 13.4. The van der Waals surface area contributed by atoms with E-state index in [1.165, 1.54) is 12.4 Å². The zero-order chi connectivity index (χ0) is 20.2. The molecule has 29 heavy (non-hydrogen) atoms. The van der Waals surface area contributed by atoms with Crippen LogP contribution in [0.25, 0.3) is 5.82 Å². The van der Waals surface area contributed by atoms with Crippen molar-refractivity contribution >= 4 is 23.1 Å². The molecule has 0 radical (unpaired) electrons.